The van der Waals surface area contributed by atoms with E-state index in [0.717, 1.165) is 37.2 Å². The van der Waals surface area contributed by atoms with E-state index in [2.05, 4.69) is 47.6 Å². The second kappa shape index (κ2) is 9.49. The van der Waals surface area contributed by atoms with Crippen LogP contribution < -0.4 is 0 Å². The van der Waals surface area contributed by atoms with Crippen molar-refractivity contribution in [2.24, 2.45) is 40.4 Å². The number of fused-ring (bicyclic) bond motifs is 2. The van der Waals surface area contributed by atoms with E-state index >= 15 is 0 Å². The van der Waals surface area contributed by atoms with Gasteiger partial charge in [0.05, 0.1) is 6.10 Å². The summed E-state index contributed by atoms with van der Waals surface area (Å²) in [6.07, 6.45) is 10.6. The van der Waals surface area contributed by atoms with Gasteiger partial charge in [0, 0.05) is 18.3 Å². The maximum atomic E-state index is 13.6. The van der Waals surface area contributed by atoms with Crippen LogP contribution in [-0.4, -0.2) is 22.8 Å². The molecule has 0 aromatic heterocycles. The van der Waals surface area contributed by atoms with Gasteiger partial charge in [0.2, 0.25) is 0 Å². The Hall–Kier alpha value is -0.960. The highest BCUT2D eigenvalue weighted by molar-refractivity contribution is 5.97. The number of hydrogen-bond acceptors (Lipinski definition) is 3. The number of allylic oxidation sites excluding steroid dienone is 2. The minimum Gasteiger partial charge on any atom is -0.393 e. The van der Waals surface area contributed by atoms with Gasteiger partial charge < -0.3 is 5.11 Å². The molecule has 3 heteroatoms. The molecule has 3 rings (SSSR count). The third-order valence-corrected chi connectivity index (χ3v) is 9.65. The molecular formula is C28H46O3. The fourth-order valence-electron chi connectivity index (χ4n) is 7.35. The van der Waals surface area contributed by atoms with Gasteiger partial charge in [-0.2, -0.15) is 0 Å². The summed E-state index contributed by atoms with van der Waals surface area (Å²) >= 11 is 0. The van der Waals surface area contributed by atoms with Crippen LogP contribution in [0, 0.1) is 40.4 Å². The predicted octanol–water partition coefficient (Wildman–Crippen LogP) is 6.53. The smallest absolute Gasteiger partial charge is 0.159 e. The number of aliphatic hydroxyl groups is 1. The average molecular weight is 431 g/mol. The van der Waals surface area contributed by atoms with Crippen molar-refractivity contribution >= 4 is 11.6 Å². The molecule has 176 valence electrons. The van der Waals surface area contributed by atoms with Gasteiger partial charge in [0.1, 0.15) is 5.78 Å². The van der Waals surface area contributed by atoms with Gasteiger partial charge in [-0.3, -0.25) is 9.59 Å². The number of hydrogen-bond donors (Lipinski definition) is 1. The zero-order chi connectivity index (χ0) is 23.0. The quantitative estimate of drug-likeness (QED) is 0.539. The molecule has 0 radical (unpaired) electrons. The van der Waals surface area contributed by atoms with Crippen molar-refractivity contribution in [3.8, 4) is 0 Å². The maximum absolute atomic E-state index is 13.6. The predicted molar refractivity (Wildman–Crippen MR) is 127 cm³/mol. The highest BCUT2D eigenvalue weighted by atomic mass is 16.3. The van der Waals surface area contributed by atoms with Crippen molar-refractivity contribution in [2.75, 3.05) is 0 Å². The molecule has 3 nitrogen and oxygen atoms in total. The first-order valence-corrected chi connectivity index (χ1v) is 13.0. The minimum atomic E-state index is -0.395. The molecule has 0 saturated heterocycles. The van der Waals surface area contributed by atoms with Gasteiger partial charge in [0.25, 0.3) is 0 Å². The number of aliphatic hydroxyl groups excluding tert-OH is 1. The number of Topliss-reactive ketones (excluding diaryl/α,β-unsaturated/α-hetero) is 2. The topological polar surface area (TPSA) is 54.4 Å². The molecule has 0 amide bonds. The molecule has 0 aromatic rings. The molecule has 1 N–H and O–H groups in total. The molecular weight excluding hydrogens is 384 g/mol. The van der Waals surface area contributed by atoms with Crippen LogP contribution in [0.15, 0.2) is 11.6 Å². The molecule has 0 bridgehead atoms. The van der Waals surface area contributed by atoms with Gasteiger partial charge in [-0.1, -0.05) is 66.9 Å². The van der Waals surface area contributed by atoms with Crippen molar-refractivity contribution in [1.29, 1.82) is 0 Å². The zero-order valence-electron chi connectivity index (χ0n) is 20.9. The van der Waals surface area contributed by atoms with E-state index in [0.29, 0.717) is 42.7 Å². The van der Waals surface area contributed by atoms with Crippen LogP contribution in [-0.2, 0) is 9.59 Å². The molecule has 0 heterocycles. The molecule has 2 saturated carbocycles. The fraction of sp³-hybridized carbons (Fsp3) is 0.857. The monoisotopic (exact) mass is 430 g/mol. The standard InChI is InChI=1S/C28H46O3/c1-18(2)8-7-9-19(3)21-10-11-23-25(30)13-12-22-20(4)24(29)14-16-28(22,6)26(31)15-17-27(21,23)5/h11,18-22,24,29H,7-10,12-17H2,1-6H3. The third kappa shape index (κ3) is 4.72. The Morgan fingerprint density at radius 2 is 1.74 bits per heavy atom. The first-order chi connectivity index (χ1) is 14.5. The minimum absolute atomic E-state index is 0.0765. The Bertz CT molecular complexity index is 707. The van der Waals surface area contributed by atoms with E-state index in [1.165, 1.54) is 19.3 Å². The summed E-state index contributed by atoms with van der Waals surface area (Å²) in [5, 5.41) is 10.5. The average Bonchev–Trinajstić information content (AvgIpc) is 3.05. The van der Waals surface area contributed by atoms with E-state index in [1.807, 2.05) is 0 Å². The SMILES string of the molecule is CC(C)CCCC(C)C1CC=C2C(=O)CCC3C(C)C(O)CCC3(C)C(=O)CCC21C. The summed E-state index contributed by atoms with van der Waals surface area (Å²) in [4.78, 5) is 27.0. The summed E-state index contributed by atoms with van der Waals surface area (Å²) in [6, 6.07) is 0. The molecule has 31 heavy (non-hydrogen) atoms. The fourth-order valence-corrected chi connectivity index (χ4v) is 7.35. The largest absolute Gasteiger partial charge is 0.393 e. The molecule has 0 aromatic carbocycles. The van der Waals surface area contributed by atoms with Crippen molar-refractivity contribution in [3.63, 3.8) is 0 Å². The Morgan fingerprint density at radius 3 is 2.42 bits per heavy atom. The van der Waals surface area contributed by atoms with E-state index in [9.17, 15) is 14.7 Å². The summed E-state index contributed by atoms with van der Waals surface area (Å²) < 4.78 is 0. The Labute approximate surface area is 190 Å². The van der Waals surface area contributed by atoms with Crippen LogP contribution in [0.4, 0.5) is 0 Å². The molecule has 2 fully saturated rings. The second-order valence-electron chi connectivity index (χ2n) is 12.1. The molecule has 3 aliphatic rings. The molecule has 7 unspecified atom stereocenters. The van der Waals surface area contributed by atoms with Crippen LogP contribution in [0.5, 0.6) is 0 Å². The number of carbonyl (C=O) groups is 2. The summed E-state index contributed by atoms with van der Waals surface area (Å²) in [5.74, 6) is 2.60. The lowest BCUT2D eigenvalue weighted by molar-refractivity contribution is -0.141. The van der Waals surface area contributed by atoms with Crippen LogP contribution in [0.3, 0.4) is 0 Å². The van der Waals surface area contributed by atoms with Crippen LogP contribution >= 0.6 is 0 Å². The van der Waals surface area contributed by atoms with E-state index in [1.54, 1.807) is 0 Å². The molecule has 3 aliphatic carbocycles. The lowest BCUT2D eigenvalue weighted by Crippen LogP contribution is -2.48. The zero-order valence-corrected chi connectivity index (χ0v) is 20.9. The van der Waals surface area contributed by atoms with Crippen molar-refractivity contribution in [1.82, 2.24) is 0 Å². The Kier molecular flexibility index (Phi) is 7.56. The highest BCUT2D eigenvalue weighted by Gasteiger charge is 2.51. The van der Waals surface area contributed by atoms with Crippen LogP contribution in [0.1, 0.15) is 106 Å². The summed E-state index contributed by atoms with van der Waals surface area (Å²) in [7, 11) is 0. The number of rotatable bonds is 5. The second-order valence-corrected chi connectivity index (χ2v) is 12.1. The van der Waals surface area contributed by atoms with Crippen molar-refractivity contribution in [3.05, 3.63) is 11.6 Å². The maximum Gasteiger partial charge on any atom is 0.159 e. The van der Waals surface area contributed by atoms with Gasteiger partial charge >= 0.3 is 0 Å². The molecule has 0 aliphatic heterocycles. The van der Waals surface area contributed by atoms with E-state index in [-0.39, 0.29) is 23.4 Å². The first-order valence-electron chi connectivity index (χ1n) is 13.0. The molecule has 7 atom stereocenters. The summed E-state index contributed by atoms with van der Waals surface area (Å²) in [5.41, 5.74) is 0.439. The summed E-state index contributed by atoms with van der Waals surface area (Å²) in [6.45, 7) is 13.4. The van der Waals surface area contributed by atoms with E-state index < -0.39 is 5.41 Å². The lowest BCUT2D eigenvalue weighted by Gasteiger charge is -2.48. The first kappa shape index (κ1) is 24.7. The number of carbonyl (C=O) groups excluding carboxylic acids is 2. The van der Waals surface area contributed by atoms with Crippen LogP contribution in [0.2, 0.25) is 0 Å². The van der Waals surface area contributed by atoms with Crippen LogP contribution in [0.25, 0.3) is 0 Å². The lowest BCUT2D eigenvalue weighted by atomic mass is 9.56. The third-order valence-electron chi connectivity index (χ3n) is 9.65. The Balaban J connectivity index is 1.82. The van der Waals surface area contributed by atoms with Gasteiger partial charge in [0.15, 0.2) is 5.78 Å². The Morgan fingerprint density at radius 1 is 1.03 bits per heavy atom. The van der Waals surface area contributed by atoms with Gasteiger partial charge in [-0.05, 0) is 72.7 Å². The van der Waals surface area contributed by atoms with Crippen molar-refractivity contribution in [2.45, 2.75) is 112 Å². The van der Waals surface area contributed by atoms with Gasteiger partial charge in [-0.25, -0.2) is 0 Å². The van der Waals surface area contributed by atoms with E-state index in [4.69, 9.17) is 0 Å². The molecule has 0 spiro atoms. The van der Waals surface area contributed by atoms with Gasteiger partial charge in [-0.15, -0.1) is 0 Å². The number of ketones is 2. The van der Waals surface area contributed by atoms with Crippen molar-refractivity contribution < 1.29 is 14.7 Å². The highest BCUT2D eigenvalue weighted by Crippen LogP contribution is 2.55. The normalized spacial score (nSPS) is 40.3.